The number of carbonyl (C=O) groups is 1. The molecule has 0 saturated heterocycles. The van der Waals surface area contributed by atoms with E-state index in [1.165, 1.54) is 29.9 Å². The third kappa shape index (κ3) is 1.98. The van der Waals surface area contributed by atoms with Gasteiger partial charge < -0.3 is 10.6 Å². The molecule has 1 amide bonds. The van der Waals surface area contributed by atoms with E-state index in [1.807, 2.05) is 7.05 Å². The van der Waals surface area contributed by atoms with Crippen LogP contribution in [0.25, 0.3) is 10.1 Å². The predicted molar refractivity (Wildman–Crippen MR) is 75.9 cm³/mol. The van der Waals surface area contributed by atoms with Crippen molar-refractivity contribution in [2.45, 2.75) is 25.3 Å². The zero-order chi connectivity index (χ0) is 13.6. The number of fused-ring (bicyclic) bond motifs is 1. The van der Waals surface area contributed by atoms with E-state index in [0.717, 1.165) is 17.5 Å². The summed E-state index contributed by atoms with van der Waals surface area (Å²) in [6.45, 7) is 0. The van der Waals surface area contributed by atoms with Gasteiger partial charge in [-0.05, 0) is 37.5 Å². The van der Waals surface area contributed by atoms with Crippen molar-refractivity contribution in [1.29, 1.82) is 0 Å². The standard InChI is InChI=1S/C14H15FN2OS/c1-17(9-3-2-4-9)14(18)13-12(16)10-7-8(15)5-6-11(10)19-13/h5-7,9H,2-4,16H2,1H3. The Labute approximate surface area is 114 Å². The summed E-state index contributed by atoms with van der Waals surface area (Å²) in [7, 11) is 1.82. The highest BCUT2D eigenvalue weighted by molar-refractivity contribution is 7.21. The van der Waals surface area contributed by atoms with Gasteiger partial charge in [0.15, 0.2) is 0 Å². The number of nitrogens with zero attached hydrogens (tertiary/aromatic N) is 1. The summed E-state index contributed by atoms with van der Waals surface area (Å²) < 4.78 is 14.1. The van der Waals surface area contributed by atoms with Gasteiger partial charge in [-0.2, -0.15) is 0 Å². The maximum Gasteiger partial charge on any atom is 0.266 e. The molecular weight excluding hydrogens is 263 g/mol. The lowest BCUT2D eigenvalue weighted by Gasteiger charge is -2.34. The van der Waals surface area contributed by atoms with Crippen LogP contribution in [0.2, 0.25) is 0 Å². The van der Waals surface area contributed by atoms with Crippen LogP contribution in [0.3, 0.4) is 0 Å². The molecule has 3 rings (SSSR count). The predicted octanol–water partition coefficient (Wildman–Crippen LogP) is 3.25. The van der Waals surface area contributed by atoms with E-state index in [1.54, 1.807) is 11.0 Å². The summed E-state index contributed by atoms with van der Waals surface area (Å²) in [5.74, 6) is -0.382. The molecule has 0 unspecified atom stereocenters. The molecule has 2 aromatic rings. The molecule has 1 aliphatic carbocycles. The Balaban J connectivity index is 2.00. The molecular formula is C14H15FN2OS. The van der Waals surface area contributed by atoms with Gasteiger partial charge in [-0.1, -0.05) is 0 Å². The normalized spacial score (nSPS) is 15.5. The van der Waals surface area contributed by atoms with Crippen LogP contribution in [0.5, 0.6) is 0 Å². The third-order valence-electron chi connectivity index (χ3n) is 3.83. The van der Waals surface area contributed by atoms with Gasteiger partial charge in [-0.15, -0.1) is 11.3 Å². The van der Waals surface area contributed by atoms with Gasteiger partial charge in [0.2, 0.25) is 0 Å². The van der Waals surface area contributed by atoms with E-state index >= 15 is 0 Å². The van der Waals surface area contributed by atoms with Gasteiger partial charge in [0.1, 0.15) is 10.7 Å². The SMILES string of the molecule is CN(C(=O)c1sc2ccc(F)cc2c1N)C1CCC1. The zero-order valence-electron chi connectivity index (χ0n) is 10.6. The fourth-order valence-corrected chi connectivity index (χ4v) is 3.43. The second kappa shape index (κ2) is 4.49. The lowest BCUT2D eigenvalue weighted by molar-refractivity contribution is 0.0658. The number of hydrogen-bond acceptors (Lipinski definition) is 3. The maximum atomic E-state index is 13.2. The smallest absolute Gasteiger partial charge is 0.266 e. The zero-order valence-corrected chi connectivity index (χ0v) is 11.5. The molecule has 100 valence electrons. The Bertz CT molecular complexity index is 648. The van der Waals surface area contributed by atoms with Gasteiger partial charge in [-0.25, -0.2) is 4.39 Å². The van der Waals surface area contributed by atoms with Crippen LogP contribution in [-0.4, -0.2) is 23.9 Å². The number of hydrogen-bond donors (Lipinski definition) is 1. The van der Waals surface area contributed by atoms with Gasteiger partial charge >= 0.3 is 0 Å². The Morgan fingerprint density at radius 2 is 2.21 bits per heavy atom. The first-order valence-corrected chi connectivity index (χ1v) is 7.14. The van der Waals surface area contributed by atoms with Crippen molar-refractivity contribution in [3.05, 3.63) is 28.9 Å². The Kier molecular flexibility index (Phi) is 2.93. The quantitative estimate of drug-likeness (QED) is 0.916. The number of rotatable bonds is 2. The summed E-state index contributed by atoms with van der Waals surface area (Å²) in [5.41, 5.74) is 6.40. The highest BCUT2D eigenvalue weighted by Gasteiger charge is 2.28. The van der Waals surface area contributed by atoms with E-state index < -0.39 is 0 Å². The van der Waals surface area contributed by atoms with E-state index in [0.29, 0.717) is 22.0 Å². The molecule has 1 aromatic carbocycles. The van der Waals surface area contributed by atoms with Crippen molar-refractivity contribution in [2.75, 3.05) is 12.8 Å². The second-order valence-electron chi connectivity index (χ2n) is 4.99. The number of carbonyl (C=O) groups excluding carboxylic acids is 1. The van der Waals surface area contributed by atoms with Crippen LogP contribution in [0.4, 0.5) is 10.1 Å². The summed E-state index contributed by atoms with van der Waals surface area (Å²) >= 11 is 1.34. The minimum atomic E-state index is -0.330. The molecule has 0 aliphatic heterocycles. The average molecular weight is 278 g/mol. The van der Waals surface area contributed by atoms with E-state index in [4.69, 9.17) is 5.73 Å². The first-order valence-electron chi connectivity index (χ1n) is 6.32. The number of halogens is 1. The molecule has 1 aliphatic rings. The van der Waals surface area contributed by atoms with Crippen LogP contribution < -0.4 is 5.73 Å². The van der Waals surface area contributed by atoms with E-state index in [2.05, 4.69) is 0 Å². The summed E-state index contributed by atoms with van der Waals surface area (Å²) in [6, 6.07) is 4.78. The van der Waals surface area contributed by atoms with Crippen molar-refractivity contribution >= 4 is 33.0 Å². The summed E-state index contributed by atoms with van der Waals surface area (Å²) in [4.78, 5) is 14.7. The van der Waals surface area contributed by atoms with Gasteiger partial charge in [-0.3, -0.25) is 4.79 Å². The molecule has 1 aromatic heterocycles. The van der Waals surface area contributed by atoms with Crippen LogP contribution in [0.15, 0.2) is 18.2 Å². The second-order valence-corrected chi connectivity index (χ2v) is 6.04. The Hall–Kier alpha value is -1.62. The van der Waals surface area contributed by atoms with E-state index in [-0.39, 0.29) is 11.7 Å². The molecule has 0 bridgehead atoms. The van der Waals surface area contributed by atoms with Gasteiger partial charge in [0, 0.05) is 23.2 Å². The minimum absolute atomic E-state index is 0.0520. The van der Waals surface area contributed by atoms with Crippen LogP contribution in [-0.2, 0) is 0 Å². The molecule has 2 N–H and O–H groups in total. The summed E-state index contributed by atoms with van der Waals surface area (Å²) in [6.07, 6.45) is 3.29. The molecule has 1 fully saturated rings. The Morgan fingerprint density at radius 1 is 1.47 bits per heavy atom. The largest absolute Gasteiger partial charge is 0.397 e. The highest BCUT2D eigenvalue weighted by Crippen LogP contribution is 2.36. The van der Waals surface area contributed by atoms with Crippen molar-refractivity contribution < 1.29 is 9.18 Å². The topological polar surface area (TPSA) is 46.3 Å². The van der Waals surface area contributed by atoms with Crippen molar-refractivity contribution in [2.24, 2.45) is 0 Å². The molecule has 3 nitrogen and oxygen atoms in total. The molecule has 0 spiro atoms. The highest BCUT2D eigenvalue weighted by atomic mass is 32.1. The average Bonchev–Trinajstić information content (AvgIpc) is 2.64. The molecule has 0 atom stereocenters. The number of benzene rings is 1. The minimum Gasteiger partial charge on any atom is -0.397 e. The molecule has 19 heavy (non-hydrogen) atoms. The van der Waals surface area contributed by atoms with Crippen molar-refractivity contribution in [1.82, 2.24) is 4.90 Å². The molecule has 5 heteroatoms. The Morgan fingerprint density at radius 3 is 2.84 bits per heavy atom. The fourth-order valence-electron chi connectivity index (χ4n) is 2.35. The first kappa shape index (κ1) is 12.4. The number of amides is 1. The molecule has 1 saturated carbocycles. The van der Waals surface area contributed by atoms with Crippen LogP contribution in [0.1, 0.15) is 28.9 Å². The van der Waals surface area contributed by atoms with Gasteiger partial charge in [0.05, 0.1) is 5.69 Å². The fraction of sp³-hybridized carbons (Fsp3) is 0.357. The lowest BCUT2D eigenvalue weighted by atomic mass is 9.92. The monoisotopic (exact) mass is 278 g/mol. The van der Waals surface area contributed by atoms with Crippen molar-refractivity contribution in [3.8, 4) is 0 Å². The third-order valence-corrected chi connectivity index (χ3v) is 5.00. The summed E-state index contributed by atoms with van der Waals surface area (Å²) in [5, 5.41) is 0.635. The van der Waals surface area contributed by atoms with Gasteiger partial charge in [0.25, 0.3) is 5.91 Å². The molecule has 1 heterocycles. The van der Waals surface area contributed by atoms with Crippen molar-refractivity contribution in [3.63, 3.8) is 0 Å². The first-order chi connectivity index (χ1) is 9.08. The van der Waals surface area contributed by atoms with Crippen LogP contribution in [0, 0.1) is 5.82 Å². The number of thiophene rings is 1. The maximum absolute atomic E-state index is 13.2. The number of nitrogen functional groups attached to an aromatic ring is 1. The number of nitrogens with two attached hydrogens (primary N) is 1. The molecule has 0 radical (unpaired) electrons. The number of anilines is 1. The lowest BCUT2D eigenvalue weighted by Crippen LogP contribution is -2.41. The van der Waals surface area contributed by atoms with E-state index in [9.17, 15) is 9.18 Å². The van der Waals surface area contributed by atoms with Crippen LogP contribution >= 0.6 is 11.3 Å².